The number of unbranched alkanes of at least 4 members (excludes halogenated alkanes) is 3. The molecule has 0 radical (unpaired) electrons. The van der Waals surface area contributed by atoms with Gasteiger partial charge < -0.3 is 24.9 Å². The largest absolute Gasteiger partial charge is 0.488 e. The number of carbonyl (C=O) groups is 2. The number of benzene rings is 1. The number of carboxylic acids is 1. The highest BCUT2D eigenvalue weighted by molar-refractivity contribution is 5.88. The Labute approximate surface area is 185 Å². The molecule has 10 heteroatoms. The topological polar surface area (TPSA) is 139 Å². The summed E-state index contributed by atoms with van der Waals surface area (Å²) in [6.07, 6.45) is 4.88. The lowest BCUT2D eigenvalue weighted by Gasteiger charge is -2.25. The molecule has 0 saturated carbocycles. The zero-order valence-electron chi connectivity index (χ0n) is 18.0. The highest BCUT2D eigenvalue weighted by Crippen LogP contribution is 2.30. The number of nitrogens with zero attached hydrogens (tertiary/aromatic N) is 3. The summed E-state index contributed by atoms with van der Waals surface area (Å²) in [6, 6.07) is 8.01. The molecular formula is C22H28N4O6. The van der Waals surface area contributed by atoms with E-state index in [1.165, 1.54) is 4.90 Å². The quantitative estimate of drug-likeness (QED) is 0.307. The monoisotopic (exact) mass is 444 g/mol. The minimum atomic E-state index is -1.10. The van der Waals surface area contributed by atoms with E-state index in [2.05, 4.69) is 16.9 Å². The summed E-state index contributed by atoms with van der Waals surface area (Å²) in [6.45, 7) is 2.20. The van der Waals surface area contributed by atoms with Gasteiger partial charge in [0.2, 0.25) is 11.7 Å². The Bertz CT molecular complexity index is 932. The summed E-state index contributed by atoms with van der Waals surface area (Å²) < 4.78 is 5.90. The molecule has 1 fully saturated rings. The first-order chi connectivity index (χ1) is 15.4. The maximum atomic E-state index is 13.5. The van der Waals surface area contributed by atoms with Gasteiger partial charge in [-0.25, -0.2) is 14.8 Å². The second-order valence-corrected chi connectivity index (χ2v) is 7.95. The van der Waals surface area contributed by atoms with E-state index in [-0.39, 0.29) is 24.6 Å². The summed E-state index contributed by atoms with van der Waals surface area (Å²) in [5, 5.41) is 20.8. The first-order valence-electron chi connectivity index (χ1n) is 10.8. The SMILES string of the molecule is CCCCCCC(C(=O)N1C[C@@H](Oc2ccccc2)C[C@H]1C(=O)O)c1ncc([N+](=O)[O-])[nH]1. The maximum Gasteiger partial charge on any atom is 0.340 e. The predicted octanol–water partition coefficient (Wildman–Crippen LogP) is 3.51. The van der Waals surface area contributed by atoms with Gasteiger partial charge in [-0.15, -0.1) is 0 Å². The van der Waals surface area contributed by atoms with Gasteiger partial charge in [0.1, 0.15) is 30.0 Å². The molecule has 1 saturated heterocycles. The van der Waals surface area contributed by atoms with E-state index in [1.54, 1.807) is 12.1 Å². The standard InChI is InChI=1S/C22H28N4O6/c1-2-3-4-8-11-17(20-23-13-19(24-20)26(30)31)21(27)25-14-16(12-18(25)22(28)29)32-15-9-6-5-7-10-15/h5-7,9-10,13,16-18H,2-4,8,11-12,14H2,1H3,(H,23,24)(H,28,29)/t16-,17?,18-/m0/s1. The molecule has 10 nitrogen and oxygen atoms in total. The van der Waals surface area contributed by atoms with Crippen LogP contribution in [0.4, 0.5) is 5.82 Å². The third-order valence-corrected chi connectivity index (χ3v) is 5.63. The van der Waals surface area contributed by atoms with Gasteiger partial charge in [-0.1, -0.05) is 50.8 Å². The number of imidazole rings is 1. The molecule has 1 unspecified atom stereocenters. The van der Waals surface area contributed by atoms with Crippen molar-refractivity contribution in [1.82, 2.24) is 14.9 Å². The van der Waals surface area contributed by atoms with Crippen LogP contribution in [0.2, 0.25) is 0 Å². The number of nitrogens with one attached hydrogen (secondary N) is 1. The lowest BCUT2D eigenvalue weighted by atomic mass is 9.98. The van der Waals surface area contributed by atoms with Crippen LogP contribution in [0, 0.1) is 10.1 Å². The molecule has 2 heterocycles. The van der Waals surface area contributed by atoms with E-state index in [4.69, 9.17) is 4.74 Å². The van der Waals surface area contributed by atoms with E-state index in [9.17, 15) is 24.8 Å². The molecule has 3 rings (SSSR count). The van der Waals surface area contributed by atoms with Gasteiger partial charge in [-0.3, -0.25) is 4.79 Å². The van der Waals surface area contributed by atoms with Crippen LogP contribution >= 0.6 is 0 Å². The van der Waals surface area contributed by atoms with Crippen LogP contribution in [-0.2, 0) is 9.59 Å². The summed E-state index contributed by atoms with van der Waals surface area (Å²) in [5.41, 5.74) is 0. The van der Waals surface area contributed by atoms with Crippen LogP contribution in [0.1, 0.15) is 57.2 Å². The Balaban J connectivity index is 1.79. The van der Waals surface area contributed by atoms with Crippen molar-refractivity contribution in [1.29, 1.82) is 0 Å². The number of H-pyrrole nitrogens is 1. The highest BCUT2D eigenvalue weighted by Gasteiger charge is 2.44. The number of likely N-dealkylation sites (tertiary alicyclic amines) is 1. The Morgan fingerprint density at radius 1 is 1.31 bits per heavy atom. The van der Waals surface area contributed by atoms with E-state index < -0.39 is 34.9 Å². The molecule has 2 N–H and O–H groups in total. The fraction of sp³-hybridized carbons (Fsp3) is 0.500. The van der Waals surface area contributed by atoms with Crippen molar-refractivity contribution in [3.63, 3.8) is 0 Å². The Morgan fingerprint density at radius 3 is 2.69 bits per heavy atom. The normalized spacial score (nSPS) is 19.0. The maximum absolute atomic E-state index is 13.5. The number of rotatable bonds is 11. The molecule has 1 aliphatic rings. The van der Waals surface area contributed by atoms with Crippen LogP contribution in [-0.4, -0.2) is 55.5 Å². The fourth-order valence-electron chi connectivity index (χ4n) is 4.00. The zero-order valence-corrected chi connectivity index (χ0v) is 18.0. The number of aromatic nitrogens is 2. The molecule has 2 aromatic rings. The number of ether oxygens (including phenoxy) is 1. The third kappa shape index (κ3) is 5.63. The number of hydrogen-bond acceptors (Lipinski definition) is 6. The molecule has 1 aromatic carbocycles. The molecule has 1 aliphatic heterocycles. The Kier molecular flexibility index (Phi) is 7.80. The van der Waals surface area contributed by atoms with Crippen molar-refractivity contribution < 1.29 is 24.4 Å². The number of aromatic amines is 1. The van der Waals surface area contributed by atoms with E-state index >= 15 is 0 Å². The van der Waals surface area contributed by atoms with Crippen molar-refractivity contribution in [2.24, 2.45) is 0 Å². The summed E-state index contributed by atoms with van der Waals surface area (Å²) in [7, 11) is 0. The van der Waals surface area contributed by atoms with E-state index in [0.717, 1.165) is 31.9 Å². The molecule has 0 bridgehead atoms. The van der Waals surface area contributed by atoms with E-state index in [0.29, 0.717) is 12.2 Å². The Morgan fingerprint density at radius 2 is 2.06 bits per heavy atom. The average molecular weight is 444 g/mol. The Hall–Kier alpha value is -3.43. The van der Waals surface area contributed by atoms with Gasteiger partial charge in [0, 0.05) is 6.42 Å². The van der Waals surface area contributed by atoms with Crippen LogP contribution in [0.3, 0.4) is 0 Å². The summed E-state index contributed by atoms with van der Waals surface area (Å²) in [4.78, 5) is 43.8. The molecule has 3 atom stereocenters. The molecular weight excluding hydrogens is 416 g/mol. The summed E-state index contributed by atoms with van der Waals surface area (Å²) >= 11 is 0. The molecule has 1 aromatic heterocycles. The number of carbonyl (C=O) groups excluding carboxylic acids is 1. The van der Waals surface area contributed by atoms with Crippen LogP contribution in [0.5, 0.6) is 5.75 Å². The van der Waals surface area contributed by atoms with Gasteiger partial charge in [-0.05, 0) is 23.5 Å². The minimum Gasteiger partial charge on any atom is -0.488 e. The second-order valence-electron chi connectivity index (χ2n) is 7.95. The zero-order chi connectivity index (χ0) is 23.1. The lowest BCUT2D eigenvalue weighted by Crippen LogP contribution is -2.43. The van der Waals surface area contributed by atoms with Crippen molar-refractivity contribution in [3.05, 3.63) is 52.5 Å². The van der Waals surface area contributed by atoms with Gasteiger partial charge in [0.15, 0.2) is 0 Å². The van der Waals surface area contributed by atoms with Crippen LogP contribution in [0.15, 0.2) is 36.5 Å². The minimum absolute atomic E-state index is 0.124. The second kappa shape index (κ2) is 10.7. The van der Waals surface area contributed by atoms with Crippen molar-refractivity contribution in [2.75, 3.05) is 6.54 Å². The van der Waals surface area contributed by atoms with Gasteiger partial charge >= 0.3 is 11.8 Å². The van der Waals surface area contributed by atoms with E-state index in [1.807, 2.05) is 18.2 Å². The number of carboxylic acid groups (broad SMARTS) is 1. The summed E-state index contributed by atoms with van der Waals surface area (Å²) in [5.74, 6) is -1.79. The smallest absolute Gasteiger partial charge is 0.340 e. The van der Waals surface area contributed by atoms with Crippen LogP contribution < -0.4 is 4.74 Å². The number of nitro groups is 1. The average Bonchev–Trinajstić information content (AvgIpc) is 3.42. The van der Waals surface area contributed by atoms with Crippen molar-refractivity contribution >= 4 is 17.7 Å². The first kappa shape index (κ1) is 23.2. The number of aliphatic carboxylic acids is 1. The van der Waals surface area contributed by atoms with Gasteiger partial charge in [0.25, 0.3) is 0 Å². The molecule has 0 spiro atoms. The number of hydrogen-bond donors (Lipinski definition) is 2. The molecule has 0 aliphatic carbocycles. The first-order valence-corrected chi connectivity index (χ1v) is 10.8. The highest BCUT2D eigenvalue weighted by atomic mass is 16.6. The molecule has 32 heavy (non-hydrogen) atoms. The molecule has 1 amide bonds. The van der Waals surface area contributed by atoms with Gasteiger partial charge in [0.05, 0.1) is 6.54 Å². The fourth-order valence-corrected chi connectivity index (χ4v) is 4.00. The lowest BCUT2D eigenvalue weighted by molar-refractivity contribution is -0.389. The van der Waals surface area contributed by atoms with Crippen molar-refractivity contribution in [2.45, 2.75) is 63.5 Å². The third-order valence-electron chi connectivity index (χ3n) is 5.63. The predicted molar refractivity (Wildman–Crippen MR) is 115 cm³/mol. The van der Waals surface area contributed by atoms with Crippen molar-refractivity contribution in [3.8, 4) is 5.75 Å². The number of para-hydroxylation sites is 1. The van der Waals surface area contributed by atoms with Gasteiger partial charge in [-0.2, -0.15) is 0 Å². The van der Waals surface area contributed by atoms with Crippen LogP contribution in [0.25, 0.3) is 0 Å². The molecule has 172 valence electrons. The number of amides is 1.